The number of phenolic OH excluding ortho intramolecular Hbond substituents is 1. The smallest absolute Gasteiger partial charge is 0.295 e. The second-order valence-corrected chi connectivity index (χ2v) is 10.0. The predicted octanol–water partition coefficient (Wildman–Crippen LogP) is 6.73. The third-order valence-corrected chi connectivity index (χ3v) is 7.20. The summed E-state index contributed by atoms with van der Waals surface area (Å²) in [5.74, 6) is -0.797. The number of carbonyl (C=O) groups excluding carboxylic acids is 1. The molecule has 0 aliphatic rings. The van der Waals surface area contributed by atoms with E-state index >= 15 is 0 Å². The fourth-order valence-corrected chi connectivity index (χ4v) is 4.98. The van der Waals surface area contributed by atoms with Crippen molar-refractivity contribution in [3.8, 4) is 5.75 Å². The highest BCUT2D eigenvalue weighted by atomic mass is 32.2. The number of benzene rings is 5. The number of aryl methyl sites for hydroxylation is 1. The number of azo groups is 1. The molecule has 0 spiro atoms. The number of phenols is 1. The maximum atomic E-state index is 13.0. The van der Waals surface area contributed by atoms with Gasteiger partial charge in [-0.05, 0) is 48.0 Å². The predicted molar refractivity (Wildman–Crippen MR) is 140 cm³/mol. The molecule has 178 valence electrons. The second-order valence-electron chi connectivity index (χ2n) is 8.32. The van der Waals surface area contributed by atoms with Crippen molar-refractivity contribution < 1.29 is 18.3 Å². The number of carbonyl (C=O) groups is 1. The molecule has 0 unspecified atom stereocenters. The van der Waals surface area contributed by atoms with Gasteiger partial charge >= 0.3 is 0 Å². The van der Waals surface area contributed by atoms with E-state index in [0.717, 1.165) is 16.3 Å². The van der Waals surface area contributed by atoms with Gasteiger partial charge in [0, 0.05) is 16.3 Å². The minimum absolute atomic E-state index is 0.0376. The summed E-state index contributed by atoms with van der Waals surface area (Å²) in [7, 11) is -3.92. The molecule has 0 atom stereocenters. The Labute approximate surface area is 207 Å². The van der Waals surface area contributed by atoms with Gasteiger partial charge in [-0.15, -0.1) is 10.2 Å². The van der Waals surface area contributed by atoms with Crippen LogP contribution in [0.3, 0.4) is 0 Å². The minimum atomic E-state index is -3.92. The van der Waals surface area contributed by atoms with Crippen molar-refractivity contribution >= 4 is 48.9 Å². The number of hydrogen-bond acceptors (Lipinski definition) is 5. The van der Waals surface area contributed by atoms with E-state index in [-0.39, 0.29) is 22.0 Å². The summed E-state index contributed by atoms with van der Waals surface area (Å²) >= 11 is 0. The van der Waals surface area contributed by atoms with Gasteiger partial charge in [0.25, 0.3) is 15.9 Å². The van der Waals surface area contributed by atoms with Crippen LogP contribution in [-0.2, 0) is 10.0 Å². The molecule has 0 aromatic heterocycles. The van der Waals surface area contributed by atoms with E-state index in [1.165, 1.54) is 18.2 Å². The Morgan fingerprint density at radius 3 is 2.22 bits per heavy atom. The van der Waals surface area contributed by atoms with Crippen molar-refractivity contribution in [1.82, 2.24) is 0 Å². The Morgan fingerprint density at radius 1 is 0.806 bits per heavy atom. The number of fused-ring (bicyclic) bond motifs is 2. The zero-order valence-electron chi connectivity index (χ0n) is 19.2. The number of nitrogens with zero attached hydrogens (tertiary/aromatic N) is 2. The topological polar surface area (TPSA) is 108 Å². The summed E-state index contributed by atoms with van der Waals surface area (Å²) in [6, 6.07) is 27.4. The molecule has 0 radical (unpaired) electrons. The first kappa shape index (κ1) is 23.2. The molecule has 1 amide bonds. The molecule has 36 heavy (non-hydrogen) atoms. The lowest BCUT2D eigenvalue weighted by molar-refractivity contribution is 0.0995. The molecule has 5 rings (SSSR count). The van der Waals surface area contributed by atoms with Crippen LogP contribution in [-0.4, -0.2) is 19.4 Å². The Bertz CT molecular complexity index is 1760. The maximum Gasteiger partial charge on any atom is 0.295 e. The Balaban J connectivity index is 1.52. The molecule has 0 heterocycles. The Morgan fingerprint density at radius 2 is 1.47 bits per heavy atom. The summed E-state index contributed by atoms with van der Waals surface area (Å²) in [6.45, 7) is 1.87. The molecule has 0 saturated heterocycles. The van der Waals surface area contributed by atoms with E-state index in [1.54, 1.807) is 48.5 Å². The molecule has 7 nitrogen and oxygen atoms in total. The van der Waals surface area contributed by atoms with Gasteiger partial charge in [-0.1, -0.05) is 72.3 Å². The van der Waals surface area contributed by atoms with Gasteiger partial charge in [0.1, 0.15) is 5.69 Å². The summed E-state index contributed by atoms with van der Waals surface area (Å²) in [6.07, 6.45) is 0. The van der Waals surface area contributed by atoms with Crippen LogP contribution in [0, 0.1) is 6.92 Å². The summed E-state index contributed by atoms with van der Waals surface area (Å²) < 4.78 is 28.6. The summed E-state index contributed by atoms with van der Waals surface area (Å²) in [4.78, 5) is 12.8. The largest absolute Gasteiger partial charge is 0.505 e. The molecule has 2 N–H and O–H groups in total. The highest BCUT2D eigenvalue weighted by Crippen LogP contribution is 2.40. The van der Waals surface area contributed by atoms with Crippen LogP contribution in [0.15, 0.2) is 112 Å². The number of nitrogens with one attached hydrogen (secondary N) is 1. The van der Waals surface area contributed by atoms with E-state index in [0.29, 0.717) is 16.3 Å². The van der Waals surface area contributed by atoms with Crippen LogP contribution in [0.4, 0.5) is 11.4 Å². The molecule has 0 aliphatic carbocycles. The first-order chi connectivity index (χ1) is 17.3. The number of amides is 1. The maximum absolute atomic E-state index is 13.0. The van der Waals surface area contributed by atoms with Gasteiger partial charge in [-0.2, -0.15) is 0 Å². The van der Waals surface area contributed by atoms with Crippen LogP contribution < -0.4 is 4.72 Å². The summed E-state index contributed by atoms with van der Waals surface area (Å²) in [5, 5.41) is 21.3. The van der Waals surface area contributed by atoms with Crippen LogP contribution in [0.1, 0.15) is 15.9 Å². The van der Waals surface area contributed by atoms with Crippen LogP contribution in [0.2, 0.25) is 0 Å². The number of rotatable bonds is 5. The third kappa shape index (κ3) is 4.54. The number of sulfonamides is 1. The quantitative estimate of drug-likeness (QED) is 0.208. The fraction of sp³-hybridized carbons (Fsp3) is 0.0357. The van der Waals surface area contributed by atoms with E-state index in [4.69, 9.17) is 0 Å². The molecule has 0 aliphatic heterocycles. The van der Waals surface area contributed by atoms with Gasteiger partial charge in [-0.3, -0.25) is 9.52 Å². The number of anilines is 1. The SMILES string of the molecule is Cc1ccc(S(=O)(=O)Nc2cc(N=NC(=O)c3ccc4ccccc4c3)c(O)c3ccccc23)cc1. The van der Waals surface area contributed by atoms with Crippen LogP contribution in [0.5, 0.6) is 5.75 Å². The number of hydrogen-bond donors (Lipinski definition) is 2. The van der Waals surface area contributed by atoms with Crippen molar-refractivity contribution in [2.45, 2.75) is 11.8 Å². The van der Waals surface area contributed by atoms with Gasteiger partial charge in [0.05, 0.1) is 10.6 Å². The standard InChI is InChI=1S/C28H21N3O4S/c1-18-10-14-22(15-11-18)36(34,35)31-25-17-26(27(32)24-9-5-4-8-23(24)25)29-30-28(33)21-13-12-19-6-2-3-7-20(19)16-21/h2-17,31-32H,1H3. The minimum Gasteiger partial charge on any atom is -0.505 e. The van der Waals surface area contributed by atoms with E-state index in [2.05, 4.69) is 15.0 Å². The Hall–Kier alpha value is -4.56. The molecule has 5 aromatic rings. The first-order valence-electron chi connectivity index (χ1n) is 11.1. The first-order valence-corrected chi connectivity index (χ1v) is 12.6. The zero-order valence-corrected chi connectivity index (χ0v) is 20.0. The highest BCUT2D eigenvalue weighted by molar-refractivity contribution is 7.92. The monoisotopic (exact) mass is 495 g/mol. The molecular formula is C28H21N3O4S. The molecule has 0 bridgehead atoms. The fourth-order valence-electron chi connectivity index (χ4n) is 3.91. The average molecular weight is 496 g/mol. The highest BCUT2D eigenvalue weighted by Gasteiger charge is 2.18. The lowest BCUT2D eigenvalue weighted by atomic mass is 10.1. The lowest BCUT2D eigenvalue weighted by Gasteiger charge is -2.13. The van der Waals surface area contributed by atoms with E-state index < -0.39 is 15.9 Å². The summed E-state index contributed by atoms with van der Waals surface area (Å²) in [5.41, 5.74) is 1.45. The third-order valence-electron chi connectivity index (χ3n) is 5.82. The molecule has 0 fully saturated rings. The lowest BCUT2D eigenvalue weighted by Crippen LogP contribution is -2.13. The second kappa shape index (κ2) is 9.24. The van der Waals surface area contributed by atoms with Gasteiger partial charge < -0.3 is 5.11 Å². The van der Waals surface area contributed by atoms with Crippen molar-refractivity contribution in [2.75, 3.05) is 4.72 Å². The van der Waals surface area contributed by atoms with Crippen molar-refractivity contribution in [2.24, 2.45) is 10.2 Å². The van der Waals surface area contributed by atoms with Crippen LogP contribution in [0.25, 0.3) is 21.5 Å². The van der Waals surface area contributed by atoms with Crippen LogP contribution >= 0.6 is 0 Å². The van der Waals surface area contributed by atoms with Gasteiger partial charge in [-0.25, -0.2) is 8.42 Å². The normalized spacial score (nSPS) is 11.8. The molecule has 8 heteroatoms. The average Bonchev–Trinajstić information content (AvgIpc) is 2.89. The van der Waals surface area contributed by atoms with E-state index in [9.17, 15) is 18.3 Å². The Kier molecular flexibility index (Phi) is 5.95. The van der Waals surface area contributed by atoms with Gasteiger partial charge in [0.2, 0.25) is 0 Å². The molecular weight excluding hydrogens is 474 g/mol. The van der Waals surface area contributed by atoms with Crippen molar-refractivity contribution in [1.29, 1.82) is 0 Å². The van der Waals surface area contributed by atoms with Crippen molar-refractivity contribution in [3.63, 3.8) is 0 Å². The zero-order chi connectivity index (χ0) is 25.3. The van der Waals surface area contributed by atoms with E-state index in [1.807, 2.05) is 37.3 Å². The number of aromatic hydroxyl groups is 1. The van der Waals surface area contributed by atoms with Crippen molar-refractivity contribution in [3.05, 3.63) is 108 Å². The van der Waals surface area contributed by atoms with Gasteiger partial charge in [0.15, 0.2) is 5.75 Å². The molecule has 0 saturated carbocycles. The molecule has 5 aromatic carbocycles.